The lowest BCUT2D eigenvalue weighted by Gasteiger charge is -2.04. The Balaban J connectivity index is 1.89. The average Bonchev–Trinajstić information content (AvgIpc) is 2.85. The zero-order valence-electron chi connectivity index (χ0n) is 10.6. The summed E-state index contributed by atoms with van der Waals surface area (Å²) in [6, 6.07) is 8.20. The van der Waals surface area contributed by atoms with E-state index in [1.54, 1.807) is 11.3 Å². The summed E-state index contributed by atoms with van der Waals surface area (Å²) in [6.07, 6.45) is 3.83. The summed E-state index contributed by atoms with van der Waals surface area (Å²) in [5, 5.41) is 0.998. The van der Waals surface area contributed by atoms with Crippen molar-refractivity contribution >= 4 is 11.3 Å². The van der Waals surface area contributed by atoms with Crippen molar-refractivity contribution in [3.8, 4) is 5.75 Å². The molecule has 96 valence electrons. The van der Waals surface area contributed by atoms with Crippen molar-refractivity contribution in [2.75, 3.05) is 6.54 Å². The Hall–Kier alpha value is -1.39. The van der Waals surface area contributed by atoms with Crippen molar-refractivity contribution in [3.63, 3.8) is 0 Å². The Morgan fingerprint density at radius 2 is 2.06 bits per heavy atom. The second-order valence-corrected chi connectivity index (χ2v) is 5.24. The standard InChI is InChI=1S/C14H18N2OS/c1-2-11-3-5-12(6-4-11)17-10-14-16-9-13(18-14)7-8-15/h3-6,9H,2,7-8,10,15H2,1H3. The Morgan fingerprint density at radius 3 is 2.72 bits per heavy atom. The SMILES string of the molecule is CCc1ccc(OCc2ncc(CCN)s2)cc1. The van der Waals surface area contributed by atoms with Gasteiger partial charge in [-0.25, -0.2) is 4.98 Å². The molecule has 0 aliphatic carbocycles. The molecule has 0 aliphatic heterocycles. The van der Waals surface area contributed by atoms with Gasteiger partial charge in [0, 0.05) is 11.1 Å². The van der Waals surface area contributed by atoms with Crippen molar-refractivity contribution in [2.45, 2.75) is 26.4 Å². The third-order valence-corrected chi connectivity index (χ3v) is 3.72. The molecule has 2 rings (SSSR count). The highest BCUT2D eigenvalue weighted by Crippen LogP contribution is 2.17. The highest BCUT2D eigenvalue weighted by atomic mass is 32.1. The molecule has 0 saturated heterocycles. The lowest BCUT2D eigenvalue weighted by Crippen LogP contribution is -2.00. The summed E-state index contributed by atoms with van der Waals surface area (Å²) in [6.45, 7) is 3.34. The molecular weight excluding hydrogens is 244 g/mol. The number of nitrogens with zero attached hydrogens (tertiary/aromatic N) is 1. The summed E-state index contributed by atoms with van der Waals surface area (Å²) < 4.78 is 5.70. The van der Waals surface area contributed by atoms with E-state index in [1.807, 2.05) is 18.3 Å². The molecule has 0 atom stereocenters. The number of nitrogens with two attached hydrogens (primary N) is 1. The molecule has 1 aromatic carbocycles. The molecule has 0 bridgehead atoms. The van der Waals surface area contributed by atoms with Crippen molar-refractivity contribution < 1.29 is 4.74 Å². The Morgan fingerprint density at radius 1 is 1.28 bits per heavy atom. The van der Waals surface area contributed by atoms with E-state index in [-0.39, 0.29) is 0 Å². The van der Waals surface area contributed by atoms with Gasteiger partial charge >= 0.3 is 0 Å². The largest absolute Gasteiger partial charge is 0.486 e. The minimum absolute atomic E-state index is 0.528. The second-order valence-electron chi connectivity index (χ2n) is 4.05. The van der Waals surface area contributed by atoms with Crippen LogP contribution in [-0.4, -0.2) is 11.5 Å². The molecule has 0 fully saturated rings. The van der Waals surface area contributed by atoms with E-state index in [0.29, 0.717) is 13.2 Å². The number of hydrogen-bond donors (Lipinski definition) is 1. The van der Waals surface area contributed by atoms with Crippen molar-refractivity contribution in [1.29, 1.82) is 0 Å². The summed E-state index contributed by atoms with van der Waals surface area (Å²) >= 11 is 1.67. The first kappa shape index (κ1) is 13.1. The maximum atomic E-state index is 5.70. The molecule has 0 saturated carbocycles. The molecule has 2 aromatic rings. The molecule has 0 radical (unpaired) electrons. The monoisotopic (exact) mass is 262 g/mol. The fourth-order valence-electron chi connectivity index (χ4n) is 1.64. The van der Waals surface area contributed by atoms with Crippen molar-refractivity contribution in [3.05, 3.63) is 45.9 Å². The smallest absolute Gasteiger partial charge is 0.140 e. The second kappa shape index (κ2) is 6.52. The fourth-order valence-corrected chi connectivity index (χ4v) is 2.49. The quantitative estimate of drug-likeness (QED) is 0.871. The predicted octanol–water partition coefficient (Wildman–Crippen LogP) is 2.79. The molecule has 0 amide bonds. The Bertz CT molecular complexity index is 479. The first-order chi connectivity index (χ1) is 8.81. The predicted molar refractivity (Wildman–Crippen MR) is 75.0 cm³/mol. The van der Waals surface area contributed by atoms with Gasteiger partial charge in [-0.2, -0.15) is 0 Å². The molecule has 4 heteroatoms. The number of aryl methyl sites for hydroxylation is 1. The maximum Gasteiger partial charge on any atom is 0.140 e. The van der Waals surface area contributed by atoms with Crippen LogP contribution in [0.5, 0.6) is 5.75 Å². The Labute approximate surface area is 112 Å². The van der Waals surface area contributed by atoms with Crippen LogP contribution >= 0.6 is 11.3 Å². The lowest BCUT2D eigenvalue weighted by molar-refractivity contribution is 0.305. The van der Waals surface area contributed by atoms with Crippen LogP contribution in [0.1, 0.15) is 22.4 Å². The first-order valence-electron chi connectivity index (χ1n) is 6.17. The molecule has 0 unspecified atom stereocenters. The first-order valence-corrected chi connectivity index (χ1v) is 6.99. The minimum atomic E-state index is 0.528. The van der Waals surface area contributed by atoms with Gasteiger partial charge in [0.25, 0.3) is 0 Å². The van der Waals surface area contributed by atoms with Crippen molar-refractivity contribution in [2.24, 2.45) is 5.73 Å². The zero-order chi connectivity index (χ0) is 12.8. The van der Waals surface area contributed by atoms with E-state index >= 15 is 0 Å². The molecule has 0 aliphatic rings. The van der Waals surface area contributed by atoms with Gasteiger partial charge in [-0.05, 0) is 37.1 Å². The highest BCUT2D eigenvalue weighted by Gasteiger charge is 2.02. The number of thiazole rings is 1. The van der Waals surface area contributed by atoms with E-state index < -0.39 is 0 Å². The van der Waals surface area contributed by atoms with E-state index in [4.69, 9.17) is 10.5 Å². The maximum absolute atomic E-state index is 5.70. The number of hydrogen-bond acceptors (Lipinski definition) is 4. The van der Waals surface area contributed by atoms with Crippen LogP contribution < -0.4 is 10.5 Å². The van der Waals surface area contributed by atoms with Crippen LogP contribution in [0.15, 0.2) is 30.5 Å². The third-order valence-electron chi connectivity index (χ3n) is 2.69. The van der Waals surface area contributed by atoms with Crippen molar-refractivity contribution in [1.82, 2.24) is 4.98 Å². The van der Waals surface area contributed by atoms with E-state index in [1.165, 1.54) is 10.4 Å². The third kappa shape index (κ3) is 3.55. The molecule has 0 spiro atoms. The van der Waals surface area contributed by atoms with Crippen LogP contribution in [0.3, 0.4) is 0 Å². The Kier molecular flexibility index (Phi) is 4.73. The molecule has 1 aromatic heterocycles. The lowest BCUT2D eigenvalue weighted by atomic mass is 10.2. The van der Waals surface area contributed by atoms with Crippen LogP contribution in [0.25, 0.3) is 0 Å². The zero-order valence-corrected chi connectivity index (χ0v) is 11.4. The number of aromatic nitrogens is 1. The van der Waals surface area contributed by atoms with Gasteiger partial charge in [-0.3, -0.25) is 0 Å². The van der Waals surface area contributed by atoms with E-state index in [2.05, 4.69) is 24.0 Å². The number of ether oxygens (including phenoxy) is 1. The highest BCUT2D eigenvalue weighted by molar-refractivity contribution is 7.11. The van der Waals surface area contributed by atoms with Gasteiger partial charge in [0.05, 0.1) is 0 Å². The molecule has 2 N–H and O–H groups in total. The van der Waals surface area contributed by atoms with Gasteiger partial charge in [0.15, 0.2) is 0 Å². The van der Waals surface area contributed by atoms with E-state index in [9.17, 15) is 0 Å². The topological polar surface area (TPSA) is 48.1 Å². The van der Waals surface area contributed by atoms with Crippen LogP contribution in [0.4, 0.5) is 0 Å². The fraction of sp³-hybridized carbons (Fsp3) is 0.357. The van der Waals surface area contributed by atoms with Gasteiger partial charge in [-0.15, -0.1) is 11.3 Å². The summed E-state index contributed by atoms with van der Waals surface area (Å²) in [5.74, 6) is 0.891. The summed E-state index contributed by atoms with van der Waals surface area (Å²) in [7, 11) is 0. The van der Waals surface area contributed by atoms with Gasteiger partial charge in [0.1, 0.15) is 17.4 Å². The average molecular weight is 262 g/mol. The number of benzene rings is 1. The van der Waals surface area contributed by atoms with Gasteiger partial charge in [0.2, 0.25) is 0 Å². The van der Waals surface area contributed by atoms with E-state index in [0.717, 1.165) is 23.6 Å². The molecule has 18 heavy (non-hydrogen) atoms. The number of rotatable bonds is 6. The summed E-state index contributed by atoms with van der Waals surface area (Å²) in [5.41, 5.74) is 6.83. The summed E-state index contributed by atoms with van der Waals surface area (Å²) in [4.78, 5) is 5.54. The molecular formula is C14H18N2OS. The van der Waals surface area contributed by atoms with Crippen LogP contribution in [0.2, 0.25) is 0 Å². The normalized spacial score (nSPS) is 10.6. The molecule has 1 heterocycles. The minimum Gasteiger partial charge on any atom is -0.486 e. The van der Waals surface area contributed by atoms with Gasteiger partial charge in [-0.1, -0.05) is 19.1 Å². The van der Waals surface area contributed by atoms with Crippen LogP contribution in [-0.2, 0) is 19.4 Å². The molecule has 3 nitrogen and oxygen atoms in total. The van der Waals surface area contributed by atoms with Gasteiger partial charge < -0.3 is 10.5 Å². The van der Waals surface area contributed by atoms with Crippen LogP contribution in [0, 0.1) is 0 Å².